The standard InChI is InChI=1S/C13H13FN2O2/c1-8-3-4-10(11(14)5-8)13(17)16-7-12-15-6-9(2)18-12/h3-6H,7H2,1-2H3,(H,16,17). The Morgan fingerprint density at radius 2 is 2.22 bits per heavy atom. The molecule has 0 atom stereocenters. The lowest BCUT2D eigenvalue weighted by Gasteiger charge is -2.04. The summed E-state index contributed by atoms with van der Waals surface area (Å²) in [6.07, 6.45) is 1.56. The van der Waals surface area contributed by atoms with E-state index in [0.29, 0.717) is 11.7 Å². The molecule has 0 radical (unpaired) electrons. The van der Waals surface area contributed by atoms with Gasteiger partial charge in [-0.25, -0.2) is 9.37 Å². The quantitative estimate of drug-likeness (QED) is 0.907. The molecular formula is C13H13FN2O2. The Hall–Kier alpha value is -2.17. The maximum Gasteiger partial charge on any atom is 0.254 e. The van der Waals surface area contributed by atoms with Gasteiger partial charge in [-0.1, -0.05) is 6.07 Å². The van der Waals surface area contributed by atoms with Crippen molar-refractivity contribution in [3.63, 3.8) is 0 Å². The maximum absolute atomic E-state index is 13.5. The number of hydrogen-bond donors (Lipinski definition) is 1. The molecule has 0 saturated heterocycles. The van der Waals surface area contributed by atoms with E-state index in [9.17, 15) is 9.18 Å². The van der Waals surface area contributed by atoms with E-state index in [1.165, 1.54) is 12.1 Å². The molecule has 2 rings (SSSR count). The number of nitrogens with zero attached hydrogens (tertiary/aromatic N) is 1. The van der Waals surface area contributed by atoms with E-state index in [-0.39, 0.29) is 12.1 Å². The molecule has 1 N–H and O–H groups in total. The van der Waals surface area contributed by atoms with Crippen LogP contribution in [0.15, 0.2) is 28.8 Å². The third-order valence-electron chi connectivity index (χ3n) is 2.44. The normalized spacial score (nSPS) is 10.4. The van der Waals surface area contributed by atoms with Crippen molar-refractivity contribution in [3.05, 3.63) is 53.0 Å². The predicted octanol–water partition coefficient (Wildman–Crippen LogP) is 2.36. The molecule has 0 aliphatic carbocycles. The maximum atomic E-state index is 13.5. The molecule has 5 heteroatoms. The largest absolute Gasteiger partial charge is 0.444 e. The second kappa shape index (κ2) is 5.00. The number of amides is 1. The van der Waals surface area contributed by atoms with E-state index in [0.717, 1.165) is 5.56 Å². The minimum absolute atomic E-state index is 0.0175. The van der Waals surface area contributed by atoms with Crippen LogP contribution in [0, 0.1) is 19.7 Å². The van der Waals surface area contributed by atoms with Crippen molar-refractivity contribution in [1.82, 2.24) is 10.3 Å². The molecule has 2 aromatic rings. The van der Waals surface area contributed by atoms with Gasteiger partial charge in [0.05, 0.1) is 18.3 Å². The van der Waals surface area contributed by atoms with Crippen LogP contribution in [0.25, 0.3) is 0 Å². The second-order valence-corrected chi connectivity index (χ2v) is 4.03. The van der Waals surface area contributed by atoms with E-state index in [4.69, 9.17) is 4.42 Å². The van der Waals surface area contributed by atoms with Crippen molar-refractivity contribution < 1.29 is 13.6 Å². The average molecular weight is 248 g/mol. The number of oxazole rings is 1. The van der Waals surface area contributed by atoms with E-state index < -0.39 is 11.7 Å². The summed E-state index contributed by atoms with van der Waals surface area (Å²) in [7, 11) is 0. The van der Waals surface area contributed by atoms with E-state index >= 15 is 0 Å². The highest BCUT2D eigenvalue weighted by Crippen LogP contribution is 2.10. The lowest BCUT2D eigenvalue weighted by Crippen LogP contribution is -2.24. The Labute approximate surface area is 104 Å². The molecular weight excluding hydrogens is 235 g/mol. The third-order valence-corrected chi connectivity index (χ3v) is 2.44. The van der Waals surface area contributed by atoms with Crippen LogP contribution in [-0.4, -0.2) is 10.9 Å². The van der Waals surface area contributed by atoms with Crippen molar-refractivity contribution in [3.8, 4) is 0 Å². The summed E-state index contributed by atoms with van der Waals surface area (Å²) in [5, 5.41) is 2.55. The summed E-state index contributed by atoms with van der Waals surface area (Å²) in [6.45, 7) is 3.66. The highest BCUT2D eigenvalue weighted by atomic mass is 19.1. The van der Waals surface area contributed by atoms with Crippen molar-refractivity contribution in [1.29, 1.82) is 0 Å². The van der Waals surface area contributed by atoms with Crippen LogP contribution in [0.5, 0.6) is 0 Å². The molecule has 94 valence electrons. The van der Waals surface area contributed by atoms with Gasteiger partial charge < -0.3 is 9.73 Å². The van der Waals surface area contributed by atoms with Crippen LogP contribution < -0.4 is 5.32 Å². The monoisotopic (exact) mass is 248 g/mol. The van der Waals surface area contributed by atoms with Crippen LogP contribution >= 0.6 is 0 Å². The number of aromatic nitrogens is 1. The summed E-state index contributed by atoms with van der Waals surface area (Å²) in [6, 6.07) is 4.47. The van der Waals surface area contributed by atoms with Crippen molar-refractivity contribution >= 4 is 5.91 Å². The minimum atomic E-state index is -0.531. The zero-order chi connectivity index (χ0) is 13.1. The number of halogens is 1. The van der Waals surface area contributed by atoms with Crippen molar-refractivity contribution in [2.75, 3.05) is 0 Å². The number of hydrogen-bond acceptors (Lipinski definition) is 3. The van der Waals surface area contributed by atoms with Gasteiger partial charge in [0.25, 0.3) is 5.91 Å². The predicted molar refractivity (Wildman–Crippen MR) is 63.5 cm³/mol. The van der Waals surface area contributed by atoms with Gasteiger partial charge in [-0.05, 0) is 31.5 Å². The molecule has 1 aromatic carbocycles. The number of carbonyl (C=O) groups excluding carboxylic acids is 1. The Balaban J connectivity index is 2.03. The highest BCUT2D eigenvalue weighted by molar-refractivity contribution is 5.94. The average Bonchev–Trinajstić information content (AvgIpc) is 2.72. The van der Waals surface area contributed by atoms with Crippen LogP contribution in [0.1, 0.15) is 27.6 Å². The fraction of sp³-hybridized carbons (Fsp3) is 0.231. The molecule has 0 aliphatic heterocycles. The summed E-state index contributed by atoms with van der Waals surface area (Å²) >= 11 is 0. The number of aryl methyl sites for hydroxylation is 2. The second-order valence-electron chi connectivity index (χ2n) is 4.03. The van der Waals surface area contributed by atoms with E-state index in [1.807, 2.05) is 0 Å². The fourth-order valence-corrected chi connectivity index (χ4v) is 1.54. The van der Waals surface area contributed by atoms with E-state index in [1.54, 1.807) is 26.1 Å². The zero-order valence-corrected chi connectivity index (χ0v) is 10.2. The lowest BCUT2D eigenvalue weighted by molar-refractivity contribution is 0.0943. The summed E-state index contributed by atoms with van der Waals surface area (Å²) in [5.41, 5.74) is 0.788. The molecule has 0 aliphatic rings. The molecule has 0 spiro atoms. The number of benzene rings is 1. The number of carbonyl (C=O) groups is 1. The minimum Gasteiger partial charge on any atom is -0.444 e. The molecule has 1 amide bonds. The van der Waals surface area contributed by atoms with Crippen LogP contribution in [0.3, 0.4) is 0 Å². The number of rotatable bonds is 3. The van der Waals surface area contributed by atoms with Crippen LogP contribution in [0.2, 0.25) is 0 Å². The number of nitrogens with one attached hydrogen (secondary N) is 1. The Kier molecular flexibility index (Phi) is 3.41. The molecule has 18 heavy (non-hydrogen) atoms. The molecule has 0 fully saturated rings. The summed E-state index contributed by atoms with van der Waals surface area (Å²) in [5.74, 6) is 0.0496. The first-order valence-corrected chi connectivity index (χ1v) is 5.52. The first-order chi connectivity index (χ1) is 8.56. The molecule has 0 unspecified atom stereocenters. The molecule has 4 nitrogen and oxygen atoms in total. The van der Waals surface area contributed by atoms with Gasteiger partial charge in [0.1, 0.15) is 11.6 Å². The summed E-state index contributed by atoms with van der Waals surface area (Å²) < 4.78 is 18.7. The van der Waals surface area contributed by atoms with E-state index in [2.05, 4.69) is 10.3 Å². The smallest absolute Gasteiger partial charge is 0.254 e. The van der Waals surface area contributed by atoms with Gasteiger partial charge in [-0.2, -0.15) is 0 Å². The van der Waals surface area contributed by atoms with Gasteiger partial charge in [-0.3, -0.25) is 4.79 Å². The zero-order valence-electron chi connectivity index (χ0n) is 10.2. The van der Waals surface area contributed by atoms with Gasteiger partial charge in [-0.15, -0.1) is 0 Å². The Bertz CT molecular complexity index is 578. The first kappa shape index (κ1) is 12.3. The Morgan fingerprint density at radius 1 is 1.44 bits per heavy atom. The molecule has 1 aromatic heterocycles. The van der Waals surface area contributed by atoms with Crippen molar-refractivity contribution in [2.45, 2.75) is 20.4 Å². The van der Waals surface area contributed by atoms with Crippen molar-refractivity contribution in [2.24, 2.45) is 0 Å². The van der Waals surface area contributed by atoms with Gasteiger partial charge in [0.15, 0.2) is 0 Å². The lowest BCUT2D eigenvalue weighted by atomic mass is 10.1. The van der Waals surface area contributed by atoms with Crippen LogP contribution in [0.4, 0.5) is 4.39 Å². The van der Waals surface area contributed by atoms with Gasteiger partial charge >= 0.3 is 0 Å². The molecule has 0 saturated carbocycles. The highest BCUT2D eigenvalue weighted by Gasteiger charge is 2.12. The SMILES string of the molecule is Cc1ccc(C(=O)NCc2ncc(C)o2)c(F)c1. The molecule has 0 bridgehead atoms. The third kappa shape index (κ3) is 2.74. The fourth-order valence-electron chi connectivity index (χ4n) is 1.54. The van der Waals surface area contributed by atoms with Gasteiger partial charge in [0, 0.05) is 0 Å². The van der Waals surface area contributed by atoms with Gasteiger partial charge in [0.2, 0.25) is 5.89 Å². The van der Waals surface area contributed by atoms with Crippen LogP contribution in [-0.2, 0) is 6.54 Å². The Morgan fingerprint density at radius 3 is 2.83 bits per heavy atom. The first-order valence-electron chi connectivity index (χ1n) is 5.52. The topological polar surface area (TPSA) is 55.1 Å². The molecule has 1 heterocycles. The summed E-state index contributed by atoms with van der Waals surface area (Å²) in [4.78, 5) is 15.7.